The number of fused-ring (bicyclic) bond motifs is 1. The van der Waals surface area contributed by atoms with Crippen molar-refractivity contribution in [1.82, 2.24) is 15.1 Å². The van der Waals surface area contributed by atoms with Crippen LogP contribution >= 0.6 is 12.4 Å². The third kappa shape index (κ3) is 3.80. The van der Waals surface area contributed by atoms with Gasteiger partial charge in [0.1, 0.15) is 17.7 Å². The van der Waals surface area contributed by atoms with E-state index in [0.717, 1.165) is 11.1 Å². The molecular weight excluding hydrogens is 407 g/mol. The van der Waals surface area contributed by atoms with Crippen LogP contribution in [0.4, 0.5) is 10.2 Å². The normalized spacial score (nSPS) is 17.5. The predicted octanol–water partition coefficient (Wildman–Crippen LogP) is 3.48. The standard InChI is InChI=1S/C22H21FN4O2.ClH/c1-12-6-4-8-15(10-12)21(28)24-19-18(14-7-5-9-16(23)11-14)17-13(2)26-27(3)20(17)25-22(19)29;/h4-11,18-19H,1-3H3,(H,24,28)(H,25,29);1H/t18-,19+;/m1./s1. The molecule has 3 aromatic rings. The van der Waals surface area contributed by atoms with Crippen LogP contribution in [0.1, 0.15) is 38.7 Å². The number of carbonyl (C=O) groups is 2. The fourth-order valence-electron chi connectivity index (χ4n) is 3.93. The molecule has 2 atom stereocenters. The van der Waals surface area contributed by atoms with Gasteiger partial charge in [-0.05, 0) is 43.7 Å². The molecule has 2 heterocycles. The number of hydrogen-bond acceptors (Lipinski definition) is 3. The molecule has 0 unspecified atom stereocenters. The van der Waals surface area contributed by atoms with Crippen molar-refractivity contribution in [1.29, 1.82) is 0 Å². The van der Waals surface area contributed by atoms with Gasteiger partial charge in [0, 0.05) is 24.1 Å². The van der Waals surface area contributed by atoms with E-state index in [1.807, 2.05) is 19.9 Å². The van der Waals surface area contributed by atoms with Crippen LogP contribution in [0.3, 0.4) is 0 Å². The van der Waals surface area contributed by atoms with Crippen LogP contribution < -0.4 is 10.6 Å². The highest BCUT2D eigenvalue weighted by Gasteiger charge is 2.41. The summed E-state index contributed by atoms with van der Waals surface area (Å²) >= 11 is 0. The molecule has 156 valence electrons. The molecule has 0 aliphatic carbocycles. The van der Waals surface area contributed by atoms with Gasteiger partial charge in [-0.2, -0.15) is 5.10 Å². The van der Waals surface area contributed by atoms with Crippen LogP contribution in [0.5, 0.6) is 0 Å². The van der Waals surface area contributed by atoms with Crippen LogP contribution in [0.2, 0.25) is 0 Å². The topological polar surface area (TPSA) is 76.0 Å². The second kappa shape index (κ2) is 8.28. The minimum absolute atomic E-state index is 0. The molecule has 1 aromatic heterocycles. The number of nitrogens with one attached hydrogen (secondary N) is 2. The van der Waals surface area contributed by atoms with Gasteiger partial charge >= 0.3 is 0 Å². The Morgan fingerprint density at radius 3 is 2.60 bits per heavy atom. The van der Waals surface area contributed by atoms with Gasteiger partial charge in [0.25, 0.3) is 5.91 Å². The molecule has 6 nitrogen and oxygen atoms in total. The van der Waals surface area contributed by atoms with Gasteiger partial charge in [-0.25, -0.2) is 4.39 Å². The molecule has 2 amide bonds. The minimum atomic E-state index is -0.903. The molecule has 2 aromatic carbocycles. The zero-order chi connectivity index (χ0) is 20.7. The first-order valence-electron chi connectivity index (χ1n) is 9.32. The Hall–Kier alpha value is -3.19. The monoisotopic (exact) mass is 428 g/mol. The maximum atomic E-state index is 14.0. The predicted molar refractivity (Wildman–Crippen MR) is 114 cm³/mol. The number of amides is 2. The fourth-order valence-corrected chi connectivity index (χ4v) is 3.93. The smallest absolute Gasteiger partial charge is 0.251 e. The summed E-state index contributed by atoms with van der Waals surface area (Å²) in [5.74, 6) is -1.13. The Bertz CT molecular complexity index is 1130. The van der Waals surface area contributed by atoms with E-state index in [4.69, 9.17) is 0 Å². The minimum Gasteiger partial charge on any atom is -0.339 e. The van der Waals surface area contributed by atoms with E-state index < -0.39 is 17.8 Å². The highest BCUT2D eigenvalue weighted by Crippen LogP contribution is 2.39. The summed E-state index contributed by atoms with van der Waals surface area (Å²) in [4.78, 5) is 25.8. The van der Waals surface area contributed by atoms with Crippen molar-refractivity contribution in [3.63, 3.8) is 0 Å². The second-order valence-electron chi connectivity index (χ2n) is 7.31. The van der Waals surface area contributed by atoms with Crippen LogP contribution in [0, 0.1) is 19.7 Å². The molecule has 0 spiro atoms. The largest absolute Gasteiger partial charge is 0.339 e. The van der Waals surface area contributed by atoms with Gasteiger partial charge in [-0.3, -0.25) is 14.3 Å². The molecule has 2 N–H and O–H groups in total. The Labute approximate surface area is 179 Å². The molecule has 0 bridgehead atoms. The van der Waals surface area contributed by atoms with E-state index in [1.54, 1.807) is 42.1 Å². The third-order valence-electron chi connectivity index (χ3n) is 5.21. The van der Waals surface area contributed by atoms with Crippen molar-refractivity contribution in [2.45, 2.75) is 25.8 Å². The first-order valence-corrected chi connectivity index (χ1v) is 9.32. The molecule has 1 aliphatic rings. The Morgan fingerprint density at radius 2 is 1.90 bits per heavy atom. The summed E-state index contributed by atoms with van der Waals surface area (Å²) in [6, 6.07) is 12.3. The van der Waals surface area contributed by atoms with Crippen molar-refractivity contribution in [3.05, 3.63) is 82.3 Å². The molecule has 0 saturated heterocycles. The Balaban J connectivity index is 0.00000256. The number of rotatable bonds is 3. The van der Waals surface area contributed by atoms with Gasteiger partial charge in [0.2, 0.25) is 5.91 Å². The van der Waals surface area contributed by atoms with E-state index in [1.165, 1.54) is 12.1 Å². The summed E-state index contributed by atoms with van der Waals surface area (Å²) in [6.45, 7) is 3.73. The van der Waals surface area contributed by atoms with Crippen LogP contribution in [0.25, 0.3) is 0 Å². The van der Waals surface area contributed by atoms with E-state index in [0.29, 0.717) is 22.6 Å². The van der Waals surface area contributed by atoms with Gasteiger partial charge in [0.05, 0.1) is 5.69 Å². The Morgan fingerprint density at radius 1 is 1.17 bits per heavy atom. The second-order valence-corrected chi connectivity index (χ2v) is 7.31. The summed E-state index contributed by atoms with van der Waals surface area (Å²) in [5.41, 5.74) is 3.49. The van der Waals surface area contributed by atoms with Gasteiger partial charge in [-0.15, -0.1) is 12.4 Å². The number of nitrogens with zero attached hydrogens (tertiary/aromatic N) is 2. The van der Waals surface area contributed by atoms with Gasteiger partial charge in [0.15, 0.2) is 0 Å². The van der Waals surface area contributed by atoms with E-state index in [2.05, 4.69) is 15.7 Å². The molecule has 4 rings (SSSR count). The third-order valence-corrected chi connectivity index (χ3v) is 5.21. The number of aromatic nitrogens is 2. The molecule has 1 aliphatic heterocycles. The number of benzene rings is 2. The van der Waals surface area contributed by atoms with Gasteiger partial charge in [-0.1, -0.05) is 29.8 Å². The molecule has 8 heteroatoms. The molecule has 0 radical (unpaired) electrons. The summed E-state index contributed by atoms with van der Waals surface area (Å²) in [5, 5.41) is 10.1. The van der Waals surface area contributed by atoms with E-state index in [9.17, 15) is 14.0 Å². The first kappa shape index (κ1) is 21.5. The molecule has 30 heavy (non-hydrogen) atoms. The molecule has 0 saturated carbocycles. The maximum Gasteiger partial charge on any atom is 0.251 e. The molecule has 0 fully saturated rings. The lowest BCUT2D eigenvalue weighted by Crippen LogP contribution is -2.50. The number of carbonyl (C=O) groups excluding carboxylic acids is 2. The van der Waals surface area contributed by atoms with Crippen LogP contribution in [-0.4, -0.2) is 27.6 Å². The number of halogens is 2. The lowest BCUT2D eigenvalue weighted by Gasteiger charge is -2.32. The quantitative estimate of drug-likeness (QED) is 0.670. The zero-order valence-corrected chi connectivity index (χ0v) is 17.6. The van der Waals surface area contributed by atoms with Crippen molar-refractivity contribution >= 4 is 30.0 Å². The summed E-state index contributed by atoms with van der Waals surface area (Å²) in [7, 11) is 1.74. The first-order chi connectivity index (χ1) is 13.8. The number of hydrogen-bond donors (Lipinski definition) is 2. The van der Waals surface area contributed by atoms with E-state index in [-0.39, 0.29) is 24.2 Å². The number of aryl methyl sites for hydroxylation is 3. The van der Waals surface area contributed by atoms with E-state index >= 15 is 0 Å². The SMILES string of the molecule is Cc1cccc(C(=O)N[C@@H]2C(=O)Nc3c(c(C)nn3C)[C@H]2c2cccc(F)c2)c1.Cl. The Kier molecular flexibility index (Phi) is 5.94. The average molecular weight is 429 g/mol. The number of anilines is 1. The fraction of sp³-hybridized carbons (Fsp3) is 0.227. The maximum absolute atomic E-state index is 14.0. The van der Waals surface area contributed by atoms with Crippen molar-refractivity contribution in [3.8, 4) is 0 Å². The van der Waals surface area contributed by atoms with Crippen LogP contribution in [0.15, 0.2) is 48.5 Å². The van der Waals surface area contributed by atoms with Gasteiger partial charge < -0.3 is 10.6 Å². The van der Waals surface area contributed by atoms with Crippen LogP contribution in [-0.2, 0) is 11.8 Å². The highest BCUT2D eigenvalue weighted by atomic mass is 35.5. The lowest BCUT2D eigenvalue weighted by molar-refractivity contribution is -0.118. The zero-order valence-electron chi connectivity index (χ0n) is 16.8. The average Bonchev–Trinajstić information content (AvgIpc) is 2.95. The highest BCUT2D eigenvalue weighted by molar-refractivity contribution is 6.04. The van der Waals surface area contributed by atoms with Crippen molar-refractivity contribution < 1.29 is 14.0 Å². The summed E-state index contributed by atoms with van der Waals surface area (Å²) in [6.07, 6.45) is 0. The summed E-state index contributed by atoms with van der Waals surface area (Å²) < 4.78 is 15.6. The lowest BCUT2D eigenvalue weighted by atomic mass is 9.82. The van der Waals surface area contributed by atoms with Crippen molar-refractivity contribution in [2.24, 2.45) is 7.05 Å². The molecular formula is C22H22ClFN4O2. The van der Waals surface area contributed by atoms with Crippen molar-refractivity contribution in [2.75, 3.05) is 5.32 Å².